The molecule has 0 atom stereocenters. The number of carbonyl (C=O) groups excluding carboxylic acids is 2. The van der Waals surface area contributed by atoms with E-state index in [1.807, 2.05) is 6.92 Å². The van der Waals surface area contributed by atoms with E-state index in [1.165, 1.54) is 28.9 Å². The molecule has 1 aromatic carbocycles. The van der Waals surface area contributed by atoms with Gasteiger partial charge in [0.1, 0.15) is 5.69 Å². The molecule has 0 radical (unpaired) electrons. The Labute approximate surface area is 144 Å². The summed E-state index contributed by atoms with van der Waals surface area (Å²) in [6, 6.07) is 9.14. The third-order valence-electron chi connectivity index (χ3n) is 3.59. The Hall–Kier alpha value is -3.00. The van der Waals surface area contributed by atoms with Gasteiger partial charge in [0.2, 0.25) is 0 Å². The fourth-order valence-electron chi connectivity index (χ4n) is 2.15. The summed E-state index contributed by atoms with van der Waals surface area (Å²) in [5.74, 6) is -0.989. The molecule has 0 bridgehead atoms. The molecule has 2 amide bonds. The van der Waals surface area contributed by atoms with E-state index < -0.39 is 5.91 Å². The van der Waals surface area contributed by atoms with Crippen molar-refractivity contribution in [3.05, 3.63) is 63.6 Å². The Kier molecular flexibility index (Phi) is 6.41. The third-order valence-corrected chi connectivity index (χ3v) is 3.59. The number of aryl methyl sites for hydroxylation is 1. The quantitative estimate of drug-likeness (QED) is 0.514. The summed E-state index contributed by atoms with van der Waals surface area (Å²) in [7, 11) is 0. The molecule has 1 heterocycles. The molecule has 0 saturated carbocycles. The van der Waals surface area contributed by atoms with E-state index in [0.29, 0.717) is 12.1 Å². The molecule has 0 fully saturated rings. The molecule has 1 aromatic heterocycles. The lowest BCUT2D eigenvalue weighted by molar-refractivity contribution is 0.0706. The number of nitrogens with one attached hydrogen (secondary N) is 2. The van der Waals surface area contributed by atoms with Crippen molar-refractivity contribution in [2.24, 2.45) is 0 Å². The highest BCUT2D eigenvalue weighted by Crippen LogP contribution is 2.04. The van der Waals surface area contributed by atoms with Crippen LogP contribution in [0.25, 0.3) is 0 Å². The van der Waals surface area contributed by atoms with Crippen LogP contribution in [0.2, 0.25) is 0 Å². The lowest BCUT2D eigenvalue weighted by atomic mass is 10.1. The number of hydroxylamine groups is 1. The van der Waals surface area contributed by atoms with Gasteiger partial charge in [0, 0.05) is 24.7 Å². The van der Waals surface area contributed by atoms with Crippen molar-refractivity contribution in [3.63, 3.8) is 0 Å². The number of nitrogens with zero attached hydrogens (tertiary/aromatic N) is 2. The second-order valence-electron chi connectivity index (χ2n) is 5.45. The van der Waals surface area contributed by atoms with Crippen LogP contribution in [0.5, 0.6) is 0 Å². The van der Waals surface area contributed by atoms with Crippen LogP contribution in [0, 0.1) is 0 Å². The Morgan fingerprint density at radius 1 is 1.12 bits per heavy atom. The highest BCUT2D eigenvalue weighted by atomic mass is 16.5. The molecule has 2 rings (SSSR count). The fraction of sp³-hybridized carbons (Fsp3) is 0.294. The molecule has 0 aliphatic carbocycles. The molecular formula is C17H20N4O4. The monoisotopic (exact) mass is 344 g/mol. The zero-order chi connectivity index (χ0) is 18.2. The van der Waals surface area contributed by atoms with Crippen LogP contribution in [-0.4, -0.2) is 26.8 Å². The molecule has 132 valence electrons. The zero-order valence-corrected chi connectivity index (χ0v) is 13.9. The number of amides is 2. The first-order valence-electron chi connectivity index (χ1n) is 7.95. The molecule has 3 N–H and O–H groups in total. The Bertz CT molecular complexity index is 799. The first kappa shape index (κ1) is 18.3. The largest absolute Gasteiger partial charge is 0.347 e. The maximum absolute atomic E-state index is 12.2. The number of hydrogen-bond donors (Lipinski definition) is 3. The summed E-state index contributed by atoms with van der Waals surface area (Å²) in [4.78, 5) is 35.1. The van der Waals surface area contributed by atoms with Gasteiger partial charge in [0.15, 0.2) is 0 Å². The molecular weight excluding hydrogens is 324 g/mol. The fourth-order valence-corrected chi connectivity index (χ4v) is 2.15. The van der Waals surface area contributed by atoms with Crippen molar-refractivity contribution in [2.45, 2.75) is 32.9 Å². The second-order valence-corrected chi connectivity index (χ2v) is 5.45. The van der Waals surface area contributed by atoms with Gasteiger partial charge in [-0.25, -0.2) is 10.2 Å². The molecule has 0 aliphatic rings. The van der Waals surface area contributed by atoms with Crippen LogP contribution in [-0.2, 0) is 13.1 Å². The lowest BCUT2D eigenvalue weighted by Crippen LogP contribution is -2.29. The van der Waals surface area contributed by atoms with Crippen molar-refractivity contribution in [2.75, 3.05) is 0 Å². The molecule has 25 heavy (non-hydrogen) atoms. The van der Waals surface area contributed by atoms with Gasteiger partial charge in [0.25, 0.3) is 17.4 Å². The Balaban J connectivity index is 2.00. The highest BCUT2D eigenvalue weighted by molar-refractivity contribution is 5.93. The maximum atomic E-state index is 12.2. The third kappa shape index (κ3) is 4.98. The molecule has 0 saturated heterocycles. The standard InChI is InChI=1S/C17H20N4O4/c1-2-3-10-21-15(22)9-8-14(19-21)17(24)18-11-12-4-6-13(7-5-12)16(23)20-25/h4-9,25H,2-3,10-11H2,1H3,(H,18,24)(H,20,23). The van der Waals surface area contributed by atoms with Crippen LogP contribution in [0.4, 0.5) is 0 Å². The maximum Gasteiger partial charge on any atom is 0.274 e. The molecule has 0 unspecified atom stereocenters. The van der Waals surface area contributed by atoms with Crippen LogP contribution in [0.15, 0.2) is 41.2 Å². The van der Waals surface area contributed by atoms with Gasteiger partial charge in [-0.2, -0.15) is 5.10 Å². The minimum atomic E-state index is -0.603. The highest BCUT2D eigenvalue weighted by Gasteiger charge is 2.10. The van der Waals surface area contributed by atoms with Crippen molar-refractivity contribution in [3.8, 4) is 0 Å². The predicted octanol–water partition coefficient (Wildman–Crippen LogP) is 1.09. The van der Waals surface area contributed by atoms with E-state index in [9.17, 15) is 14.4 Å². The van der Waals surface area contributed by atoms with Crippen LogP contribution >= 0.6 is 0 Å². The summed E-state index contributed by atoms with van der Waals surface area (Å²) in [6.45, 7) is 2.73. The van der Waals surface area contributed by atoms with E-state index in [0.717, 1.165) is 18.4 Å². The summed E-state index contributed by atoms with van der Waals surface area (Å²) < 4.78 is 1.29. The second kappa shape index (κ2) is 8.74. The van der Waals surface area contributed by atoms with Crippen molar-refractivity contribution in [1.82, 2.24) is 20.6 Å². The van der Waals surface area contributed by atoms with E-state index in [4.69, 9.17) is 5.21 Å². The van der Waals surface area contributed by atoms with Crippen molar-refractivity contribution in [1.29, 1.82) is 0 Å². The average molecular weight is 344 g/mol. The zero-order valence-electron chi connectivity index (χ0n) is 13.9. The minimum absolute atomic E-state index is 0.173. The average Bonchev–Trinajstić information content (AvgIpc) is 2.65. The molecule has 8 nitrogen and oxygen atoms in total. The van der Waals surface area contributed by atoms with Crippen LogP contribution < -0.4 is 16.4 Å². The topological polar surface area (TPSA) is 113 Å². The summed E-state index contributed by atoms with van der Waals surface area (Å²) in [5.41, 5.74) is 2.58. The number of carbonyl (C=O) groups is 2. The lowest BCUT2D eigenvalue weighted by Gasteiger charge is -2.08. The normalized spacial score (nSPS) is 10.3. The van der Waals surface area contributed by atoms with Crippen molar-refractivity contribution < 1.29 is 14.8 Å². The van der Waals surface area contributed by atoms with Crippen LogP contribution in [0.1, 0.15) is 46.2 Å². The number of rotatable bonds is 7. The van der Waals surface area contributed by atoms with E-state index in [-0.39, 0.29) is 23.7 Å². The van der Waals surface area contributed by atoms with E-state index in [1.54, 1.807) is 17.6 Å². The smallest absolute Gasteiger partial charge is 0.274 e. The summed E-state index contributed by atoms with van der Waals surface area (Å²) in [6.07, 6.45) is 1.74. The summed E-state index contributed by atoms with van der Waals surface area (Å²) in [5, 5.41) is 15.4. The molecule has 8 heteroatoms. The van der Waals surface area contributed by atoms with E-state index >= 15 is 0 Å². The Morgan fingerprint density at radius 2 is 1.84 bits per heavy atom. The number of hydrogen-bond acceptors (Lipinski definition) is 5. The van der Waals surface area contributed by atoms with E-state index in [2.05, 4.69) is 10.4 Å². The van der Waals surface area contributed by atoms with Gasteiger partial charge in [0.05, 0.1) is 0 Å². The molecule has 0 aliphatic heterocycles. The molecule has 0 spiro atoms. The first-order chi connectivity index (χ1) is 12.0. The minimum Gasteiger partial charge on any atom is -0.347 e. The number of unbranched alkanes of at least 4 members (excludes halogenated alkanes) is 1. The number of benzene rings is 1. The van der Waals surface area contributed by atoms with Crippen LogP contribution in [0.3, 0.4) is 0 Å². The first-order valence-corrected chi connectivity index (χ1v) is 7.95. The van der Waals surface area contributed by atoms with Gasteiger partial charge in [-0.05, 0) is 30.2 Å². The van der Waals surface area contributed by atoms with Gasteiger partial charge < -0.3 is 5.32 Å². The van der Waals surface area contributed by atoms with Crippen molar-refractivity contribution >= 4 is 11.8 Å². The van der Waals surface area contributed by atoms with Gasteiger partial charge in [-0.1, -0.05) is 25.5 Å². The SMILES string of the molecule is CCCCn1nc(C(=O)NCc2ccc(C(=O)NO)cc2)ccc1=O. The Morgan fingerprint density at radius 3 is 2.48 bits per heavy atom. The summed E-state index contributed by atoms with van der Waals surface area (Å²) >= 11 is 0. The van der Waals surface area contributed by atoms with Gasteiger partial charge in [-0.15, -0.1) is 0 Å². The van der Waals surface area contributed by atoms with Gasteiger partial charge in [-0.3, -0.25) is 19.6 Å². The van der Waals surface area contributed by atoms with Gasteiger partial charge >= 0.3 is 0 Å². The number of aromatic nitrogens is 2. The predicted molar refractivity (Wildman–Crippen MR) is 90.3 cm³/mol. The molecule has 2 aromatic rings.